The molecule has 19 heavy (non-hydrogen) atoms. The molecule has 2 heterocycles. The summed E-state index contributed by atoms with van der Waals surface area (Å²) in [6.45, 7) is 8.13. The Bertz CT molecular complexity index is 638. The lowest BCUT2D eigenvalue weighted by Gasteiger charge is -2.39. The van der Waals surface area contributed by atoms with Crippen molar-refractivity contribution in [2.24, 2.45) is 0 Å². The minimum absolute atomic E-state index is 0.675. The molecule has 0 radical (unpaired) electrons. The zero-order valence-electron chi connectivity index (χ0n) is 11.9. The van der Waals surface area contributed by atoms with Crippen LogP contribution in [0.15, 0.2) is 18.2 Å². The first-order valence-electron chi connectivity index (χ1n) is 7.66. The van der Waals surface area contributed by atoms with Crippen LogP contribution in [-0.2, 0) is 13.0 Å². The van der Waals surface area contributed by atoms with E-state index in [1.165, 1.54) is 55.4 Å². The van der Waals surface area contributed by atoms with Crippen molar-refractivity contribution < 1.29 is 0 Å². The molecule has 0 fully saturated rings. The van der Waals surface area contributed by atoms with E-state index in [1.54, 1.807) is 11.3 Å². The molecule has 2 aromatic rings. The van der Waals surface area contributed by atoms with Gasteiger partial charge in [-0.05, 0) is 43.9 Å². The van der Waals surface area contributed by atoms with Gasteiger partial charge in [0.1, 0.15) is 0 Å². The topological polar surface area (TPSA) is 8.17 Å². The number of hydrogen-bond acceptors (Lipinski definition) is 1. The van der Waals surface area contributed by atoms with Gasteiger partial charge < -0.3 is 4.57 Å². The summed E-state index contributed by atoms with van der Waals surface area (Å²) in [4.78, 5) is 2.67. The first-order valence-corrected chi connectivity index (χ1v) is 7.66. The number of nitrogens with zero attached hydrogens (tertiary/aromatic N) is 2. The summed E-state index contributed by atoms with van der Waals surface area (Å²) in [5.74, 6) is 0. The van der Waals surface area contributed by atoms with Crippen molar-refractivity contribution in [1.29, 1.82) is 0 Å². The second kappa shape index (κ2) is 4.11. The summed E-state index contributed by atoms with van der Waals surface area (Å²) < 4.78 is 2.63. The van der Waals surface area contributed by atoms with Gasteiger partial charge in [-0.15, -0.1) is 0 Å². The van der Waals surface area contributed by atoms with Gasteiger partial charge in [0.15, 0.2) is 0 Å². The molecule has 1 aliphatic carbocycles. The quantitative estimate of drug-likeness (QED) is 0.754. The number of hydrogen-bond donors (Lipinski definition) is 0. The molecular formula is C17H22N2. The number of aryl methyl sites for hydroxylation is 2. The van der Waals surface area contributed by atoms with Gasteiger partial charge in [0.25, 0.3) is 0 Å². The number of likely N-dealkylation sites (N-methyl/N-ethyl adjacent to an activating group) is 1. The van der Waals surface area contributed by atoms with Crippen molar-refractivity contribution in [2.45, 2.75) is 45.7 Å². The van der Waals surface area contributed by atoms with E-state index >= 15 is 0 Å². The first kappa shape index (κ1) is 11.5. The Balaban J connectivity index is 2.05. The molecule has 4 rings (SSSR count). The van der Waals surface area contributed by atoms with Crippen LogP contribution in [0.4, 0.5) is 0 Å². The van der Waals surface area contributed by atoms with E-state index in [0.29, 0.717) is 6.04 Å². The molecular weight excluding hydrogens is 232 g/mol. The van der Waals surface area contributed by atoms with Gasteiger partial charge in [0.2, 0.25) is 0 Å². The lowest BCUT2D eigenvalue weighted by Crippen LogP contribution is -2.39. The lowest BCUT2D eigenvalue weighted by molar-refractivity contribution is 0.149. The number of para-hydroxylation sites is 1. The van der Waals surface area contributed by atoms with E-state index in [2.05, 4.69) is 41.5 Å². The molecule has 2 heteroatoms. The fraction of sp³-hybridized carbons (Fsp3) is 0.529. The van der Waals surface area contributed by atoms with Crippen LogP contribution in [0, 0.1) is 6.92 Å². The molecule has 1 unspecified atom stereocenters. The zero-order chi connectivity index (χ0) is 13.0. The number of rotatable bonds is 1. The summed E-state index contributed by atoms with van der Waals surface area (Å²) in [5, 5.41) is 1.53. The third kappa shape index (κ3) is 1.47. The van der Waals surface area contributed by atoms with Crippen molar-refractivity contribution in [3.05, 3.63) is 35.0 Å². The van der Waals surface area contributed by atoms with Gasteiger partial charge in [-0.3, -0.25) is 4.90 Å². The SMILES string of the molecule is CCN1CCn2c3c(c4cccc(C)c42)CCCC31. The molecule has 0 saturated carbocycles. The average molecular weight is 254 g/mol. The molecule has 2 nitrogen and oxygen atoms in total. The van der Waals surface area contributed by atoms with E-state index in [1.807, 2.05) is 0 Å². The van der Waals surface area contributed by atoms with Crippen molar-refractivity contribution in [3.8, 4) is 0 Å². The van der Waals surface area contributed by atoms with Crippen LogP contribution >= 0.6 is 0 Å². The summed E-state index contributed by atoms with van der Waals surface area (Å²) in [5.41, 5.74) is 6.24. The van der Waals surface area contributed by atoms with E-state index in [9.17, 15) is 0 Å². The van der Waals surface area contributed by atoms with Crippen molar-refractivity contribution in [2.75, 3.05) is 13.1 Å². The number of fused-ring (bicyclic) bond motifs is 3. The lowest BCUT2D eigenvalue weighted by atomic mass is 9.89. The van der Waals surface area contributed by atoms with Crippen molar-refractivity contribution in [1.82, 2.24) is 9.47 Å². The summed E-state index contributed by atoms with van der Waals surface area (Å²) >= 11 is 0. The largest absolute Gasteiger partial charge is 0.341 e. The highest BCUT2D eigenvalue weighted by molar-refractivity contribution is 5.88. The Labute approximate surface area is 115 Å². The van der Waals surface area contributed by atoms with Crippen molar-refractivity contribution in [3.63, 3.8) is 0 Å². The third-order valence-corrected chi connectivity index (χ3v) is 5.11. The van der Waals surface area contributed by atoms with Crippen LogP contribution in [0.2, 0.25) is 0 Å². The highest BCUT2D eigenvalue weighted by Crippen LogP contribution is 2.42. The van der Waals surface area contributed by atoms with E-state index < -0.39 is 0 Å². The Morgan fingerprint density at radius 1 is 1.26 bits per heavy atom. The second-order valence-electron chi connectivity index (χ2n) is 6.02. The Hall–Kier alpha value is -1.28. The van der Waals surface area contributed by atoms with E-state index in [-0.39, 0.29) is 0 Å². The smallest absolute Gasteiger partial charge is 0.0516 e. The Kier molecular flexibility index (Phi) is 2.49. The van der Waals surface area contributed by atoms with Crippen LogP contribution in [0.3, 0.4) is 0 Å². The van der Waals surface area contributed by atoms with Gasteiger partial charge in [-0.1, -0.05) is 25.1 Å². The highest BCUT2D eigenvalue weighted by Gasteiger charge is 2.34. The fourth-order valence-electron chi connectivity index (χ4n) is 4.29. The number of aromatic nitrogens is 1. The fourth-order valence-corrected chi connectivity index (χ4v) is 4.29. The van der Waals surface area contributed by atoms with Gasteiger partial charge in [0.05, 0.1) is 11.6 Å². The molecule has 0 spiro atoms. The van der Waals surface area contributed by atoms with Crippen LogP contribution in [0.25, 0.3) is 10.9 Å². The monoisotopic (exact) mass is 254 g/mol. The second-order valence-corrected chi connectivity index (χ2v) is 6.02. The van der Waals surface area contributed by atoms with Crippen LogP contribution < -0.4 is 0 Å². The summed E-state index contributed by atoms with van der Waals surface area (Å²) in [6, 6.07) is 7.50. The Morgan fingerprint density at radius 3 is 3.00 bits per heavy atom. The van der Waals surface area contributed by atoms with Gasteiger partial charge in [-0.25, -0.2) is 0 Å². The van der Waals surface area contributed by atoms with Crippen LogP contribution in [0.1, 0.15) is 42.6 Å². The molecule has 0 bridgehead atoms. The zero-order valence-corrected chi connectivity index (χ0v) is 11.9. The van der Waals surface area contributed by atoms with Crippen molar-refractivity contribution >= 4 is 10.9 Å². The molecule has 0 N–H and O–H groups in total. The third-order valence-electron chi connectivity index (χ3n) is 5.11. The maximum absolute atomic E-state index is 2.67. The molecule has 1 atom stereocenters. The predicted molar refractivity (Wildman–Crippen MR) is 79.6 cm³/mol. The van der Waals surface area contributed by atoms with Gasteiger partial charge >= 0.3 is 0 Å². The average Bonchev–Trinajstić information content (AvgIpc) is 2.77. The van der Waals surface area contributed by atoms with Crippen LogP contribution in [-0.4, -0.2) is 22.6 Å². The van der Waals surface area contributed by atoms with Gasteiger partial charge in [0, 0.05) is 24.2 Å². The number of benzene rings is 1. The minimum atomic E-state index is 0.675. The molecule has 2 aliphatic rings. The predicted octanol–water partition coefficient (Wildman–Crippen LogP) is 3.66. The van der Waals surface area contributed by atoms with E-state index in [4.69, 9.17) is 0 Å². The molecule has 1 aromatic heterocycles. The molecule has 0 amide bonds. The minimum Gasteiger partial charge on any atom is -0.341 e. The summed E-state index contributed by atoms with van der Waals surface area (Å²) in [7, 11) is 0. The van der Waals surface area contributed by atoms with Crippen LogP contribution in [0.5, 0.6) is 0 Å². The molecule has 100 valence electrons. The summed E-state index contributed by atoms with van der Waals surface area (Å²) in [6.07, 6.45) is 3.97. The molecule has 1 aliphatic heterocycles. The normalized spacial score (nSPS) is 22.7. The van der Waals surface area contributed by atoms with E-state index in [0.717, 1.165) is 0 Å². The molecule has 1 aromatic carbocycles. The highest BCUT2D eigenvalue weighted by atomic mass is 15.2. The van der Waals surface area contributed by atoms with Gasteiger partial charge in [-0.2, -0.15) is 0 Å². The Morgan fingerprint density at radius 2 is 2.16 bits per heavy atom. The standard InChI is InChI=1S/C17H22N2/c1-3-18-10-11-19-16-12(2)6-4-7-13(16)14-8-5-9-15(18)17(14)19/h4,6-7,15H,3,5,8-11H2,1-2H3. The first-order chi connectivity index (χ1) is 9.31. The molecule has 0 saturated heterocycles. The maximum atomic E-state index is 2.67. The maximum Gasteiger partial charge on any atom is 0.0516 e.